The lowest BCUT2D eigenvalue weighted by atomic mass is 10.2. The predicted octanol–water partition coefficient (Wildman–Crippen LogP) is 2.30. The number of carboxylic acid groups (broad SMARTS) is 1. The SMILES string of the molecule is CN1CC(C2CC2)Sc2oc(C(=O)O)cc21. The molecule has 0 saturated heterocycles. The van der Waals surface area contributed by atoms with Crippen molar-refractivity contribution < 1.29 is 14.3 Å². The third-order valence-electron chi connectivity index (χ3n) is 3.16. The molecule has 1 N–H and O–H groups in total. The van der Waals surface area contributed by atoms with Gasteiger partial charge in [-0.1, -0.05) is 11.8 Å². The Labute approximate surface area is 97.6 Å². The lowest BCUT2D eigenvalue weighted by Gasteiger charge is -2.29. The summed E-state index contributed by atoms with van der Waals surface area (Å²) in [6.07, 6.45) is 2.60. The van der Waals surface area contributed by atoms with Gasteiger partial charge < -0.3 is 14.4 Å². The van der Waals surface area contributed by atoms with Crippen LogP contribution in [-0.2, 0) is 0 Å². The van der Waals surface area contributed by atoms with Gasteiger partial charge in [0.2, 0.25) is 5.76 Å². The second-order valence-electron chi connectivity index (χ2n) is 4.46. The van der Waals surface area contributed by atoms with E-state index in [-0.39, 0.29) is 5.76 Å². The average Bonchev–Trinajstić information content (AvgIpc) is 2.97. The minimum absolute atomic E-state index is 0.0424. The summed E-state index contributed by atoms with van der Waals surface area (Å²) in [6, 6.07) is 1.62. The normalized spacial score (nSPS) is 24.3. The third kappa shape index (κ3) is 1.59. The van der Waals surface area contributed by atoms with Crippen molar-refractivity contribution in [2.24, 2.45) is 5.92 Å². The van der Waals surface area contributed by atoms with E-state index in [1.807, 2.05) is 7.05 Å². The van der Waals surface area contributed by atoms with Crippen molar-refractivity contribution in [3.8, 4) is 0 Å². The van der Waals surface area contributed by atoms with Crippen LogP contribution in [0.1, 0.15) is 23.4 Å². The van der Waals surface area contributed by atoms with Gasteiger partial charge in [-0.15, -0.1) is 0 Å². The Morgan fingerprint density at radius 2 is 2.38 bits per heavy atom. The summed E-state index contributed by atoms with van der Waals surface area (Å²) in [5, 5.41) is 10.2. The number of thioether (sulfide) groups is 1. The third-order valence-corrected chi connectivity index (χ3v) is 4.50. The van der Waals surface area contributed by atoms with Crippen LogP contribution in [0, 0.1) is 5.92 Å². The van der Waals surface area contributed by atoms with Crippen molar-refractivity contribution in [3.63, 3.8) is 0 Å². The summed E-state index contributed by atoms with van der Waals surface area (Å²) < 4.78 is 5.37. The quantitative estimate of drug-likeness (QED) is 0.858. The van der Waals surface area contributed by atoms with E-state index >= 15 is 0 Å². The van der Waals surface area contributed by atoms with E-state index in [1.54, 1.807) is 17.8 Å². The fraction of sp³-hybridized carbons (Fsp3) is 0.545. The van der Waals surface area contributed by atoms with E-state index in [4.69, 9.17) is 9.52 Å². The van der Waals surface area contributed by atoms with Gasteiger partial charge >= 0.3 is 5.97 Å². The first-order chi connectivity index (χ1) is 7.65. The zero-order chi connectivity index (χ0) is 11.3. The first-order valence-corrected chi connectivity index (χ1v) is 6.28. The molecule has 1 unspecified atom stereocenters. The number of nitrogens with zero attached hydrogens (tertiary/aromatic N) is 1. The molecule has 5 heteroatoms. The molecule has 2 heterocycles. The summed E-state index contributed by atoms with van der Waals surface area (Å²) in [7, 11) is 2.00. The van der Waals surface area contributed by atoms with Crippen molar-refractivity contribution in [2.75, 3.05) is 18.5 Å². The summed E-state index contributed by atoms with van der Waals surface area (Å²) in [6.45, 7) is 0.987. The standard InChI is InChI=1S/C11H13NO3S/c1-12-5-9(6-2-3-6)16-11-7(12)4-8(15-11)10(13)14/h4,6,9H,2-3,5H2,1H3,(H,13,14). The van der Waals surface area contributed by atoms with Gasteiger partial charge in [0.15, 0.2) is 5.09 Å². The first-order valence-electron chi connectivity index (χ1n) is 5.40. The largest absolute Gasteiger partial charge is 0.475 e. The average molecular weight is 239 g/mol. The Hall–Kier alpha value is -1.10. The van der Waals surface area contributed by atoms with Gasteiger partial charge in [0.05, 0.1) is 5.69 Å². The molecule has 1 saturated carbocycles. The Bertz CT molecular complexity index is 438. The number of aromatic carboxylic acids is 1. The topological polar surface area (TPSA) is 53.7 Å². The molecule has 0 radical (unpaired) electrons. The first kappa shape index (κ1) is 10.1. The molecule has 16 heavy (non-hydrogen) atoms. The minimum atomic E-state index is -0.994. The Kier molecular flexibility index (Phi) is 2.17. The molecule has 1 fully saturated rings. The van der Waals surface area contributed by atoms with Crippen molar-refractivity contribution >= 4 is 23.4 Å². The lowest BCUT2D eigenvalue weighted by Crippen LogP contribution is -2.31. The number of furan rings is 1. The van der Waals surface area contributed by atoms with Crippen LogP contribution in [-0.4, -0.2) is 29.9 Å². The number of rotatable bonds is 2. The minimum Gasteiger partial charge on any atom is -0.475 e. The van der Waals surface area contributed by atoms with E-state index in [0.29, 0.717) is 5.25 Å². The van der Waals surface area contributed by atoms with E-state index in [2.05, 4.69) is 4.90 Å². The van der Waals surface area contributed by atoms with Crippen LogP contribution >= 0.6 is 11.8 Å². The van der Waals surface area contributed by atoms with Crippen molar-refractivity contribution in [3.05, 3.63) is 11.8 Å². The fourth-order valence-corrected chi connectivity index (χ4v) is 3.59. The number of fused-ring (bicyclic) bond motifs is 1. The van der Waals surface area contributed by atoms with Crippen LogP contribution in [0.4, 0.5) is 5.69 Å². The Balaban J connectivity index is 1.91. The highest BCUT2D eigenvalue weighted by atomic mass is 32.2. The summed E-state index contributed by atoms with van der Waals surface area (Å²) in [5.74, 6) is -0.161. The van der Waals surface area contributed by atoms with Crippen LogP contribution in [0.3, 0.4) is 0 Å². The summed E-state index contributed by atoms with van der Waals surface area (Å²) in [5.41, 5.74) is 0.916. The van der Waals surface area contributed by atoms with Gasteiger partial charge in [-0.2, -0.15) is 0 Å². The van der Waals surface area contributed by atoms with Gasteiger partial charge in [0.1, 0.15) is 0 Å². The van der Waals surface area contributed by atoms with E-state index in [0.717, 1.165) is 23.2 Å². The van der Waals surface area contributed by atoms with Crippen molar-refractivity contribution in [1.82, 2.24) is 0 Å². The fourth-order valence-electron chi connectivity index (χ4n) is 2.08. The van der Waals surface area contributed by atoms with E-state index in [9.17, 15) is 4.79 Å². The van der Waals surface area contributed by atoms with E-state index < -0.39 is 5.97 Å². The smallest absolute Gasteiger partial charge is 0.371 e. The highest BCUT2D eigenvalue weighted by Gasteiger charge is 2.37. The molecule has 0 amide bonds. The number of carboxylic acids is 1. The molecular formula is C11H13NO3S. The molecular weight excluding hydrogens is 226 g/mol. The van der Waals surface area contributed by atoms with Crippen LogP contribution < -0.4 is 4.90 Å². The van der Waals surface area contributed by atoms with E-state index in [1.165, 1.54) is 12.8 Å². The second-order valence-corrected chi connectivity index (χ2v) is 5.67. The molecule has 86 valence electrons. The van der Waals surface area contributed by atoms with Crippen molar-refractivity contribution in [1.29, 1.82) is 0 Å². The molecule has 0 aromatic carbocycles. The predicted molar refractivity (Wildman–Crippen MR) is 61.3 cm³/mol. The van der Waals surface area contributed by atoms with Gasteiger partial charge in [-0.25, -0.2) is 4.79 Å². The van der Waals surface area contributed by atoms with Gasteiger partial charge in [0, 0.05) is 24.9 Å². The lowest BCUT2D eigenvalue weighted by molar-refractivity contribution is 0.0656. The number of hydrogen-bond acceptors (Lipinski definition) is 4. The summed E-state index contributed by atoms with van der Waals surface area (Å²) in [4.78, 5) is 12.9. The molecule has 0 spiro atoms. The maximum Gasteiger partial charge on any atom is 0.371 e. The van der Waals surface area contributed by atoms with Crippen LogP contribution in [0.15, 0.2) is 15.6 Å². The number of anilines is 1. The van der Waals surface area contributed by atoms with Crippen LogP contribution in [0.5, 0.6) is 0 Å². The zero-order valence-corrected chi connectivity index (χ0v) is 9.79. The Morgan fingerprint density at radius 3 is 3.00 bits per heavy atom. The molecule has 4 nitrogen and oxygen atoms in total. The number of hydrogen-bond donors (Lipinski definition) is 1. The zero-order valence-electron chi connectivity index (χ0n) is 8.97. The maximum atomic E-state index is 10.8. The van der Waals surface area contributed by atoms with Crippen LogP contribution in [0.2, 0.25) is 0 Å². The molecule has 0 bridgehead atoms. The van der Waals surface area contributed by atoms with Crippen molar-refractivity contribution in [2.45, 2.75) is 23.2 Å². The summed E-state index contributed by atoms with van der Waals surface area (Å²) >= 11 is 1.70. The molecule has 1 atom stereocenters. The highest BCUT2D eigenvalue weighted by molar-refractivity contribution is 8.00. The molecule has 3 rings (SSSR count). The van der Waals surface area contributed by atoms with Gasteiger partial charge in [0.25, 0.3) is 0 Å². The Morgan fingerprint density at radius 1 is 1.62 bits per heavy atom. The molecule has 2 aliphatic rings. The van der Waals surface area contributed by atoms with Gasteiger partial charge in [-0.05, 0) is 18.8 Å². The second kappa shape index (κ2) is 3.45. The van der Waals surface area contributed by atoms with Gasteiger partial charge in [-0.3, -0.25) is 0 Å². The molecule has 1 aromatic heterocycles. The molecule has 1 aliphatic heterocycles. The monoisotopic (exact) mass is 239 g/mol. The highest BCUT2D eigenvalue weighted by Crippen LogP contribution is 2.48. The molecule has 1 aromatic rings. The molecule has 1 aliphatic carbocycles. The van der Waals surface area contributed by atoms with Crippen LogP contribution in [0.25, 0.3) is 0 Å². The number of carbonyl (C=O) groups is 1. The maximum absolute atomic E-state index is 10.8.